The van der Waals surface area contributed by atoms with Gasteiger partial charge in [0.15, 0.2) is 5.96 Å². The second-order valence-corrected chi connectivity index (χ2v) is 7.46. The van der Waals surface area contributed by atoms with Gasteiger partial charge in [0.1, 0.15) is 0 Å². The fraction of sp³-hybridized carbons (Fsp3) is 0.917. The summed E-state index contributed by atoms with van der Waals surface area (Å²) in [6.07, 6.45) is 7.82. The number of hydrogen-bond donors (Lipinski definition) is 2. The van der Waals surface area contributed by atoms with E-state index in [-0.39, 0.29) is 30.0 Å². The zero-order valence-electron chi connectivity index (χ0n) is 11.9. The topological polar surface area (TPSA) is 87.8 Å². The fourth-order valence-corrected chi connectivity index (χ4v) is 4.13. The molecule has 6 nitrogen and oxygen atoms in total. The van der Waals surface area contributed by atoms with Gasteiger partial charge in [-0.3, -0.25) is 4.99 Å². The molecule has 0 aromatic rings. The number of aliphatic imine (C=N–C) groups is 1. The Balaban J connectivity index is 0.00000200. The van der Waals surface area contributed by atoms with Crippen LogP contribution in [0, 0.1) is 0 Å². The Hall–Kier alpha value is -0.0900. The number of rotatable bonds is 4. The molecule has 1 aliphatic heterocycles. The van der Waals surface area contributed by atoms with Crippen LogP contribution in [-0.4, -0.2) is 50.1 Å². The van der Waals surface area contributed by atoms with Crippen LogP contribution in [-0.2, 0) is 10.0 Å². The van der Waals surface area contributed by atoms with Crippen LogP contribution in [0.4, 0.5) is 0 Å². The van der Waals surface area contributed by atoms with E-state index in [1.165, 1.54) is 19.1 Å². The molecular formula is C12H25IN4O2S. The van der Waals surface area contributed by atoms with Crippen molar-refractivity contribution >= 4 is 40.0 Å². The second kappa shape index (κ2) is 7.79. The number of halogens is 1. The van der Waals surface area contributed by atoms with Gasteiger partial charge in [0.25, 0.3) is 0 Å². The van der Waals surface area contributed by atoms with Crippen molar-refractivity contribution in [3.05, 3.63) is 0 Å². The van der Waals surface area contributed by atoms with Crippen LogP contribution in [0.2, 0.25) is 0 Å². The van der Waals surface area contributed by atoms with Crippen LogP contribution in [0.5, 0.6) is 0 Å². The SMILES string of the molecule is CS(=O)(=O)N1CCC[C@@H]1CN=C(N)NC1CCCC1.I. The number of sulfonamides is 1. The maximum Gasteiger partial charge on any atom is 0.211 e. The van der Waals surface area contributed by atoms with Crippen molar-refractivity contribution in [1.82, 2.24) is 9.62 Å². The largest absolute Gasteiger partial charge is 0.370 e. The Morgan fingerprint density at radius 1 is 1.30 bits per heavy atom. The van der Waals surface area contributed by atoms with E-state index < -0.39 is 10.0 Å². The highest BCUT2D eigenvalue weighted by Gasteiger charge is 2.31. The Morgan fingerprint density at radius 3 is 2.55 bits per heavy atom. The number of nitrogens with two attached hydrogens (primary N) is 1. The monoisotopic (exact) mass is 416 g/mol. The molecule has 1 heterocycles. The quantitative estimate of drug-likeness (QED) is 0.405. The summed E-state index contributed by atoms with van der Waals surface area (Å²) in [5, 5.41) is 3.22. The summed E-state index contributed by atoms with van der Waals surface area (Å²) in [6, 6.07) is 0.414. The van der Waals surface area contributed by atoms with Gasteiger partial charge in [-0.1, -0.05) is 12.8 Å². The molecule has 1 atom stereocenters. The molecule has 0 unspecified atom stereocenters. The normalized spacial score (nSPS) is 25.6. The van der Waals surface area contributed by atoms with E-state index in [1.54, 1.807) is 4.31 Å². The van der Waals surface area contributed by atoms with Gasteiger partial charge in [0.05, 0.1) is 12.8 Å². The third-order valence-electron chi connectivity index (χ3n) is 3.93. The van der Waals surface area contributed by atoms with Crippen LogP contribution in [0.15, 0.2) is 4.99 Å². The van der Waals surface area contributed by atoms with Crippen molar-refractivity contribution in [2.75, 3.05) is 19.3 Å². The van der Waals surface area contributed by atoms with Crippen molar-refractivity contribution in [3.63, 3.8) is 0 Å². The molecule has 0 radical (unpaired) electrons. The molecule has 1 saturated heterocycles. The summed E-state index contributed by atoms with van der Waals surface area (Å²) in [6.45, 7) is 1.06. The summed E-state index contributed by atoms with van der Waals surface area (Å²) >= 11 is 0. The first-order chi connectivity index (χ1) is 8.97. The van der Waals surface area contributed by atoms with Gasteiger partial charge in [0, 0.05) is 18.6 Å². The summed E-state index contributed by atoms with van der Waals surface area (Å²) in [5.41, 5.74) is 5.86. The number of hydrogen-bond acceptors (Lipinski definition) is 3. The zero-order chi connectivity index (χ0) is 13.9. The molecule has 2 rings (SSSR count). The molecule has 118 valence electrons. The lowest BCUT2D eigenvalue weighted by Crippen LogP contribution is -2.41. The first kappa shape index (κ1) is 18.0. The van der Waals surface area contributed by atoms with Crippen molar-refractivity contribution in [2.24, 2.45) is 10.7 Å². The molecule has 1 aliphatic carbocycles. The van der Waals surface area contributed by atoms with E-state index in [0.29, 0.717) is 25.1 Å². The Kier molecular flexibility index (Phi) is 6.99. The highest BCUT2D eigenvalue weighted by molar-refractivity contribution is 14.0. The molecule has 0 spiro atoms. The van der Waals surface area contributed by atoms with Gasteiger partial charge in [0.2, 0.25) is 10.0 Å². The van der Waals surface area contributed by atoms with Crippen molar-refractivity contribution in [2.45, 2.75) is 50.6 Å². The molecule has 0 aromatic carbocycles. The molecule has 1 saturated carbocycles. The molecule has 3 N–H and O–H groups in total. The summed E-state index contributed by atoms with van der Waals surface area (Å²) in [5.74, 6) is 0.451. The van der Waals surface area contributed by atoms with Crippen LogP contribution in [0.25, 0.3) is 0 Å². The molecule has 2 aliphatic rings. The van der Waals surface area contributed by atoms with Gasteiger partial charge in [-0.15, -0.1) is 24.0 Å². The molecule has 0 aromatic heterocycles. The standard InChI is InChI=1S/C12H24N4O2S.HI/c1-19(17,18)16-8-4-7-11(16)9-14-12(13)15-10-5-2-3-6-10;/h10-11H,2-9H2,1H3,(H3,13,14,15);1H/t11-;/m1./s1. The smallest absolute Gasteiger partial charge is 0.211 e. The molecule has 0 amide bonds. The molecule has 2 fully saturated rings. The molecular weight excluding hydrogens is 391 g/mol. The maximum atomic E-state index is 11.6. The van der Waals surface area contributed by atoms with Crippen molar-refractivity contribution in [3.8, 4) is 0 Å². The van der Waals surface area contributed by atoms with Crippen LogP contribution in [0.3, 0.4) is 0 Å². The van der Waals surface area contributed by atoms with Gasteiger partial charge < -0.3 is 11.1 Å². The lowest BCUT2D eigenvalue weighted by molar-refractivity contribution is 0.396. The highest BCUT2D eigenvalue weighted by Crippen LogP contribution is 2.20. The molecule has 0 bridgehead atoms. The zero-order valence-corrected chi connectivity index (χ0v) is 15.1. The lowest BCUT2D eigenvalue weighted by Gasteiger charge is -2.21. The lowest BCUT2D eigenvalue weighted by atomic mass is 10.2. The van der Waals surface area contributed by atoms with Gasteiger partial charge in [-0.25, -0.2) is 8.42 Å². The van der Waals surface area contributed by atoms with Crippen LogP contribution >= 0.6 is 24.0 Å². The van der Waals surface area contributed by atoms with Gasteiger partial charge in [-0.2, -0.15) is 4.31 Å². The van der Waals surface area contributed by atoms with E-state index >= 15 is 0 Å². The van der Waals surface area contributed by atoms with E-state index in [9.17, 15) is 8.42 Å². The van der Waals surface area contributed by atoms with Crippen LogP contribution in [0.1, 0.15) is 38.5 Å². The highest BCUT2D eigenvalue weighted by atomic mass is 127. The Bertz CT molecular complexity index is 435. The van der Waals surface area contributed by atoms with E-state index in [2.05, 4.69) is 10.3 Å². The molecule has 20 heavy (non-hydrogen) atoms. The number of nitrogens with zero attached hydrogens (tertiary/aromatic N) is 2. The second-order valence-electron chi connectivity index (χ2n) is 5.52. The average Bonchev–Trinajstić information content (AvgIpc) is 2.95. The Morgan fingerprint density at radius 2 is 1.95 bits per heavy atom. The third kappa shape index (κ3) is 5.03. The van der Waals surface area contributed by atoms with E-state index in [1.807, 2.05) is 0 Å². The van der Waals surface area contributed by atoms with Crippen molar-refractivity contribution in [1.29, 1.82) is 0 Å². The van der Waals surface area contributed by atoms with Crippen molar-refractivity contribution < 1.29 is 8.42 Å². The van der Waals surface area contributed by atoms with Gasteiger partial charge >= 0.3 is 0 Å². The number of nitrogens with one attached hydrogen (secondary N) is 1. The van der Waals surface area contributed by atoms with Crippen LogP contribution < -0.4 is 11.1 Å². The summed E-state index contributed by atoms with van der Waals surface area (Å²) < 4.78 is 24.7. The minimum Gasteiger partial charge on any atom is -0.370 e. The van der Waals surface area contributed by atoms with E-state index in [0.717, 1.165) is 25.7 Å². The maximum absolute atomic E-state index is 11.6. The minimum absolute atomic E-state index is 0. The minimum atomic E-state index is -3.12. The number of guanidine groups is 1. The predicted molar refractivity (Wildman–Crippen MR) is 91.9 cm³/mol. The molecule has 8 heteroatoms. The van der Waals surface area contributed by atoms with Gasteiger partial charge in [-0.05, 0) is 25.7 Å². The Labute approximate surface area is 138 Å². The average molecular weight is 416 g/mol. The summed E-state index contributed by atoms with van der Waals surface area (Å²) in [7, 11) is -3.12. The third-order valence-corrected chi connectivity index (χ3v) is 5.26. The first-order valence-corrected chi connectivity index (χ1v) is 8.85. The van der Waals surface area contributed by atoms with E-state index in [4.69, 9.17) is 5.73 Å². The predicted octanol–water partition coefficient (Wildman–Crippen LogP) is 0.875. The first-order valence-electron chi connectivity index (χ1n) is 7.00. The fourth-order valence-electron chi connectivity index (χ4n) is 2.96. The summed E-state index contributed by atoms with van der Waals surface area (Å²) in [4.78, 5) is 4.31.